The van der Waals surface area contributed by atoms with Gasteiger partial charge in [0.05, 0.1) is 12.8 Å². The maximum absolute atomic E-state index is 12.5. The molecule has 0 spiro atoms. The van der Waals surface area contributed by atoms with Gasteiger partial charge in [0.15, 0.2) is 5.13 Å². The number of thiazole rings is 1. The number of ether oxygens (including phenoxy) is 1. The fourth-order valence-corrected chi connectivity index (χ4v) is 4.01. The van der Waals surface area contributed by atoms with E-state index in [-0.39, 0.29) is 17.2 Å². The van der Waals surface area contributed by atoms with Crippen molar-refractivity contribution in [1.82, 2.24) is 4.98 Å². The van der Waals surface area contributed by atoms with Crippen LogP contribution in [0.4, 0.5) is 5.13 Å². The molecular weight excluding hydrogens is 310 g/mol. The van der Waals surface area contributed by atoms with E-state index in [0.717, 1.165) is 10.6 Å². The van der Waals surface area contributed by atoms with Crippen LogP contribution >= 0.6 is 11.3 Å². The Morgan fingerprint density at radius 2 is 2.10 bits per heavy atom. The second-order valence-electron chi connectivity index (χ2n) is 4.46. The van der Waals surface area contributed by atoms with Gasteiger partial charge in [0.2, 0.25) is 0 Å². The lowest BCUT2D eigenvalue weighted by Gasteiger charge is -2.11. The third-order valence-corrected chi connectivity index (χ3v) is 5.48. The number of nitrogens with one attached hydrogen (secondary N) is 1. The monoisotopic (exact) mass is 327 g/mol. The van der Waals surface area contributed by atoms with E-state index in [1.807, 2.05) is 13.8 Å². The number of benzene rings is 1. The van der Waals surface area contributed by atoms with Crippen molar-refractivity contribution in [3.05, 3.63) is 34.3 Å². The lowest BCUT2D eigenvalue weighted by atomic mass is 10.2. The highest BCUT2D eigenvalue weighted by Crippen LogP contribution is 2.29. The van der Waals surface area contributed by atoms with Crippen LogP contribution < -0.4 is 15.2 Å². The van der Waals surface area contributed by atoms with Crippen LogP contribution in [0.1, 0.15) is 16.1 Å². The third kappa shape index (κ3) is 3.34. The number of aryl methyl sites for hydroxylation is 2. The fraction of sp³-hybridized carbons (Fsp3) is 0.308. The molecule has 3 N–H and O–H groups in total. The van der Waals surface area contributed by atoms with Gasteiger partial charge in [0, 0.05) is 11.4 Å². The number of methoxy groups -OCH3 is 1. The van der Waals surface area contributed by atoms with Crippen LogP contribution in [0.25, 0.3) is 0 Å². The van der Waals surface area contributed by atoms with Gasteiger partial charge >= 0.3 is 0 Å². The quantitative estimate of drug-likeness (QED) is 0.876. The van der Waals surface area contributed by atoms with Crippen molar-refractivity contribution in [2.75, 3.05) is 11.8 Å². The second kappa shape index (κ2) is 6.00. The lowest BCUT2D eigenvalue weighted by molar-refractivity contribution is 0.402. The molecule has 8 heteroatoms. The van der Waals surface area contributed by atoms with Crippen LogP contribution in [0.2, 0.25) is 0 Å². The molecular formula is C13H17N3O3S2. The second-order valence-corrected chi connectivity index (χ2v) is 7.31. The molecule has 0 saturated heterocycles. The van der Waals surface area contributed by atoms with Crippen LogP contribution in [0, 0.1) is 13.8 Å². The van der Waals surface area contributed by atoms with Crippen molar-refractivity contribution in [3.63, 3.8) is 0 Å². The van der Waals surface area contributed by atoms with E-state index in [1.54, 1.807) is 12.1 Å². The molecule has 1 aromatic carbocycles. The van der Waals surface area contributed by atoms with Crippen molar-refractivity contribution in [3.8, 4) is 5.75 Å². The van der Waals surface area contributed by atoms with Crippen LogP contribution in [0.15, 0.2) is 23.1 Å². The summed E-state index contributed by atoms with van der Waals surface area (Å²) in [4.78, 5) is 5.20. The number of rotatable bonds is 5. The lowest BCUT2D eigenvalue weighted by Crippen LogP contribution is -2.14. The van der Waals surface area contributed by atoms with Crippen LogP contribution in [0.3, 0.4) is 0 Å². The van der Waals surface area contributed by atoms with Crippen LogP contribution in [-0.4, -0.2) is 20.5 Å². The Morgan fingerprint density at radius 3 is 2.62 bits per heavy atom. The van der Waals surface area contributed by atoms with E-state index in [1.165, 1.54) is 24.5 Å². The molecule has 0 unspecified atom stereocenters. The Hall–Kier alpha value is -1.64. The average molecular weight is 327 g/mol. The molecule has 0 fully saturated rings. The summed E-state index contributed by atoms with van der Waals surface area (Å²) in [5.41, 5.74) is 7.08. The highest BCUT2D eigenvalue weighted by Gasteiger charge is 2.21. The van der Waals surface area contributed by atoms with Gasteiger partial charge in [-0.15, -0.1) is 11.3 Å². The number of anilines is 1. The number of aromatic nitrogens is 1. The average Bonchev–Trinajstić information content (AvgIpc) is 2.75. The Labute approximate surface area is 128 Å². The first-order chi connectivity index (χ1) is 9.87. The van der Waals surface area contributed by atoms with E-state index >= 15 is 0 Å². The smallest absolute Gasteiger partial charge is 0.267 e. The van der Waals surface area contributed by atoms with Crippen molar-refractivity contribution in [2.45, 2.75) is 25.3 Å². The molecule has 2 aromatic rings. The summed E-state index contributed by atoms with van der Waals surface area (Å²) in [5, 5.41) is 0.338. The minimum atomic E-state index is -3.77. The highest BCUT2D eigenvalue weighted by atomic mass is 32.2. The SMILES string of the molecule is COc1ccc(CN)cc1S(=O)(=O)Nc1nc(C)c(C)s1. The Kier molecular flexibility index (Phi) is 4.50. The summed E-state index contributed by atoms with van der Waals surface area (Å²) in [6, 6.07) is 4.83. The van der Waals surface area contributed by atoms with Gasteiger partial charge in [-0.25, -0.2) is 13.4 Å². The molecule has 0 aliphatic heterocycles. The summed E-state index contributed by atoms with van der Waals surface area (Å²) in [6.07, 6.45) is 0. The topological polar surface area (TPSA) is 94.3 Å². The number of nitrogens with two attached hydrogens (primary N) is 1. The molecule has 0 aliphatic carbocycles. The van der Waals surface area contributed by atoms with E-state index < -0.39 is 10.0 Å². The number of sulfonamides is 1. The zero-order chi connectivity index (χ0) is 15.6. The van der Waals surface area contributed by atoms with Crippen molar-refractivity contribution in [1.29, 1.82) is 0 Å². The van der Waals surface area contributed by atoms with Crippen LogP contribution in [-0.2, 0) is 16.6 Å². The van der Waals surface area contributed by atoms with Gasteiger partial charge in [-0.05, 0) is 31.5 Å². The van der Waals surface area contributed by atoms with Gasteiger partial charge < -0.3 is 10.5 Å². The summed E-state index contributed by atoms with van der Waals surface area (Å²) in [5.74, 6) is 0.268. The van der Waals surface area contributed by atoms with E-state index in [4.69, 9.17) is 10.5 Å². The van der Waals surface area contributed by atoms with Gasteiger partial charge in [-0.2, -0.15) is 0 Å². The maximum atomic E-state index is 12.5. The number of hydrogen-bond donors (Lipinski definition) is 2. The summed E-state index contributed by atoms with van der Waals surface area (Å²) < 4.78 is 32.6. The number of hydrogen-bond acceptors (Lipinski definition) is 6. The first-order valence-corrected chi connectivity index (χ1v) is 8.51. The zero-order valence-corrected chi connectivity index (χ0v) is 13.6. The molecule has 0 radical (unpaired) electrons. The number of nitrogens with zero attached hydrogens (tertiary/aromatic N) is 1. The molecule has 0 amide bonds. The predicted molar refractivity (Wildman–Crippen MR) is 83.3 cm³/mol. The standard InChI is InChI=1S/C13H17N3O3S2/c1-8-9(2)20-13(15-8)16-21(17,18)12-6-10(7-14)4-5-11(12)19-3/h4-6H,7,14H2,1-3H3,(H,15,16). The van der Waals surface area contributed by atoms with Crippen molar-refractivity contribution >= 4 is 26.5 Å². The summed E-state index contributed by atoms with van der Waals surface area (Å²) in [7, 11) is -2.35. The van der Waals surface area contributed by atoms with Gasteiger partial charge in [0.1, 0.15) is 10.6 Å². The predicted octanol–water partition coefficient (Wildman–Crippen LogP) is 2.03. The van der Waals surface area contributed by atoms with E-state index in [9.17, 15) is 8.42 Å². The van der Waals surface area contributed by atoms with E-state index in [0.29, 0.717) is 10.7 Å². The Bertz CT molecular complexity index is 735. The first-order valence-electron chi connectivity index (χ1n) is 6.21. The molecule has 6 nitrogen and oxygen atoms in total. The minimum Gasteiger partial charge on any atom is -0.495 e. The van der Waals surface area contributed by atoms with Gasteiger partial charge in [-0.1, -0.05) is 6.07 Å². The normalized spacial score (nSPS) is 11.4. The van der Waals surface area contributed by atoms with Crippen molar-refractivity contribution < 1.29 is 13.2 Å². The Balaban J connectivity index is 2.43. The summed E-state index contributed by atoms with van der Waals surface area (Å²) >= 11 is 1.29. The molecule has 0 atom stereocenters. The Morgan fingerprint density at radius 1 is 1.38 bits per heavy atom. The van der Waals surface area contributed by atoms with Crippen molar-refractivity contribution in [2.24, 2.45) is 5.73 Å². The van der Waals surface area contributed by atoms with Crippen LogP contribution in [0.5, 0.6) is 5.75 Å². The molecule has 1 heterocycles. The fourth-order valence-electron chi connectivity index (χ4n) is 1.74. The first kappa shape index (κ1) is 15.7. The van der Waals surface area contributed by atoms with E-state index in [2.05, 4.69) is 9.71 Å². The molecule has 1 aromatic heterocycles. The summed E-state index contributed by atoms with van der Waals surface area (Å²) in [6.45, 7) is 3.97. The molecule has 0 aliphatic rings. The molecule has 21 heavy (non-hydrogen) atoms. The highest BCUT2D eigenvalue weighted by molar-refractivity contribution is 7.93. The largest absolute Gasteiger partial charge is 0.495 e. The maximum Gasteiger partial charge on any atom is 0.267 e. The minimum absolute atomic E-state index is 0.0541. The molecule has 0 saturated carbocycles. The third-order valence-electron chi connectivity index (χ3n) is 3.00. The van der Waals surface area contributed by atoms with Gasteiger partial charge in [-0.3, -0.25) is 4.72 Å². The molecule has 0 bridgehead atoms. The molecule has 114 valence electrons. The zero-order valence-electron chi connectivity index (χ0n) is 12.0. The molecule has 2 rings (SSSR count). The van der Waals surface area contributed by atoms with Gasteiger partial charge in [0.25, 0.3) is 10.0 Å².